The lowest BCUT2D eigenvalue weighted by molar-refractivity contribution is -0.153. The highest BCUT2D eigenvalue weighted by molar-refractivity contribution is 5.97. The van der Waals surface area contributed by atoms with Crippen molar-refractivity contribution in [2.24, 2.45) is 0 Å². The third-order valence-corrected chi connectivity index (χ3v) is 2.73. The summed E-state index contributed by atoms with van der Waals surface area (Å²) in [6.45, 7) is -1.39. The van der Waals surface area contributed by atoms with Gasteiger partial charge in [-0.1, -0.05) is 0 Å². The van der Waals surface area contributed by atoms with Gasteiger partial charge in [0.2, 0.25) is 0 Å². The zero-order valence-electron chi connectivity index (χ0n) is 10.8. The molecule has 2 rings (SSSR count). The molecule has 1 aromatic rings. The van der Waals surface area contributed by atoms with Crippen LogP contribution in [0.5, 0.6) is 11.5 Å². The number of amides is 1. The van der Waals surface area contributed by atoms with Gasteiger partial charge in [-0.15, -0.1) is 0 Å². The highest BCUT2D eigenvalue weighted by atomic mass is 19.4. The molecule has 1 aliphatic rings. The van der Waals surface area contributed by atoms with Crippen LogP contribution in [0.4, 0.5) is 13.2 Å². The SMILES string of the molecule is COc1cc(OCC(F)(F)F)ccc1C(=O)NC1CC1. The van der Waals surface area contributed by atoms with E-state index in [-0.39, 0.29) is 29.0 Å². The summed E-state index contributed by atoms with van der Waals surface area (Å²) in [7, 11) is 1.34. The highest BCUT2D eigenvalue weighted by Gasteiger charge is 2.29. The van der Waals surface area contributed by atoms with Crippen LogP contribution < -0.4 is 14.8 Å². The summed E-state index contributed by atoms with van der Waals surface area (Å²) in [6, 6.07) is 4.17. The van der Waals surface area contributed by atoms with Crippen LogP contribution in [0.2, 0.25) is 0 Å². The Morgan fingerprint density at radius 1 is 1.40 bits per heavy atom. The number of hydrogen-bond donors (Lipinski definition) is 1. The van der Waals surface area contributed by atoms with E-state index in [9.17, 15) is 18.0 Å². The maximum absolute atomic E-state index is 12.1. The van der Waals surface area contributed by atoms with E-state index in [0.717, 1.165) is 12.8 Å². The van der Waals surface area contributed by atoms with E-state index in [4.69, 9.17) is 4.74 Å². The number of alkyl halides is 3. The molecule has 1 N–H and O–H groups in total. The van der Waals surface area contributed by atoms with Crippen molar-refractivity contribution in [1.82, 2.24) is 5.32 Å². The van der Waals surface area contributed by atoms with Crippen molar-refractivity contribution in [3.05, 3.63) is 23.8 Å². The van der Waals surface area contributed by atoms with E-state index in [0.29, 0.717) is 0 Å². The molecule has 110 valence electrons. The maximum atomic E-state index is 12.1. The first kappa shape index (κ1) is 14.5. The monoisotopic (exact) mass is 289 g/mol. The van der Waals surface area contributed by atoms with E-state index in [1.807, 2.05) is 0 Å². The second kappa shape index (κ2) is 5.60. The molecular formula is C13H14F3NO3. The predicted molar refractivity (Wildman–Crippen MR) is 65.0 cm³/mol. The normalized spacial score (nSPS) is 14.8. The lowest BCUT2D eigenvalue weighted by Gasteiger charge is -2.12. The zero-order valence-corrected chi connectivity index (χ0v) is 10.8. The summed E-state index contributed by atoms with van der Waals surface area (Å²) in [4.78, 5) is 11.9. The number of benzene rings is 1. The molecule has 20 heavy (non-hydrogen) atoms. The van der Waals surface area contributed by atoms with Gasteiger partial charge >= 0.3 is 6.18 Å². The highest BCUT2D eigenvalue weighted by Crippen LogP contribution is 2.27. The number of halogens is 3. The summed E-state index contributed by atoms with van der Waals surface area (Å²) >= 11 is 0. The van der Waals surface area contributed by atoms with E-state index in [1.54, 1.807) is 0 Å². The van der Waals surface area contributed by atoms with Crippen molar-refractivity contribution in [2.75, 3.05) is 13.7 Å². The molecule has 0 aromatic heterocycles. The molecule has 0 spiro atoms. The van der Waals surface area contributed by atoms with E-state index in [2.05, 4.69) is 10.1 Å². The Balaban J connectivity index is 2.08. The van der Waals surface area contributed by atoms with Crippen molar-refractivity contribution in [1.29, 1.82) is 0 Å². The van der Waals surface area contributed by atoms with Crippen LogP contribution in [0.15, 0.2) is 18.2 Å². The van der Waals surface area contributed by atoms with Gasteiger partial charge < -0.3 is 14.8 Å². The van der Waals surface area contributed by atoms with Gasteiger partial charge in [0.05, 0.1) is 12.7 Å². The van der Waals surface area contributed by atoms with Gasteiger partial charge in [0.15, 0.2) is 6.61 Å². The third-order valence-electron chi connectivity index (χ3n) is 2.73. The molecule has 0 atom stereocenters. The van der Waals surface area contributed by atoms with Gasteiger partial charge in [-0.2, -0.15) is 13.2 Å². The van der Waals surface area contributed by atoms with Crippen LogP contribution >= 0.6 is 0 Å². The molecular weight excluding hydrogens is 275 g/mol. The van der Waals surface area contributed by atoms with Gasteiger partial charge in [-0.05, 0) is 25.0 Å². The molecule has 1 amide bonds. The van der Waals surface area contributed by atoms with Crippen LogP contribution in [0, 0.1) is 0 Å². The minimum Gasteiger partial charge on any atom is -0.496 e. The smallest absolute Gasteiger partial charge is 0.422 e. The topological polar surface area (TPSA) is 47.6 Å². The summed E-state index contributed by atoms with van der Waals surface area (Å²) in [5.41, 5.74) is 0.277. The average Bonchev–Trinajstić information content (AvgIpc) is 3.19. The fourth-order valence-corrected chi connectivity index (χ4v) is 1.60. The number of carbonyl (C=O) groups excluding carboxylic acids is 1. The Bertz CT molecular complexity index is 498. The van der Waals surface area contributed by atoms with Crippen molar-refractivity contribution in [3.63, 3.8) is 0 Å². The van der Waals surface area contributed by atoms with Gasteiger partial charge in [-0.3, -0.25) is 4.79 Å². The lowest BCUT2D eigenvalue weighted by atomic mass is 10.1. The minimum atomic E-state index is -4.41. The lowest BCUT2D eigenvalue weighted by Crippen LogP contribution is -2.25. The number of nitrogens with one attached hydrogen (secondary N) is 1. The Morgan fingerprint density at radius 2 is 2.10 bits per heavy atom. The number of ether oxygens (including phenoxy) is 2. The molecule has 0 unspecified atom stereocenters. The van der Waals surface area contributed by atoms with Gasteiger partial charge in [0, 0.05) is 12.1 Å². The summed E-state index contributed by atoms with van der Waals surface area (Å²) in [5, 5.41) is 2.78. The van der Waals surface area contributed by atoms with Gasteiger partial charge in [-0.25, -0.2) is 0 Å². The first-order valence-corrected chi connectivity index (χ1v) is 6.07. The molecule has 4 nitrogen and oxygen atoms in total. The second-order valence-corrected chi connectivity index (χ2v) is 4.51. The molecule has 1 fully saturated rings. The first-order valence-electron chi connectivity index (χ1n) is 6.07. The van der Waals surface area contributed by atoms with Crippen LogP contribution in [0.1, 0.15) is 23.2 Å². The van der Waals surface area contributed by atoms with Gasteiger partial charge in [0.1, 0.15) is 11.5 Å². The molecule has 1 aliphatic carbocycles. The van der Waals surface area contributed by atoms with Crippen LogP contribution in [-0.2, 0) is 0 Å². The standard InChI is InChI=1S/C13H14F3NO3/c1-19-11-6-9(20-7-13(14,15)16)4-5-10(11)12(18)17-8-2-3-8/h4-6,8H,2-3,7H2,1H3,(H,17,18). The molecule has 1 saturated carbocycles. The van der Waals surface area contributed by atoms with E-state index in [1.165, 1.54) is 25.3 Å². The molecule has 0 saturated heterocycles. The predicted octanol–water partition coefficient (Wildman–Crippen LogP) is 2.53. The van der Waals surface area contributed by atoms with E-state index < -0.39 is 12.8 Å². The quantitative estimate of drug-likeness (QED) is 0.906. The first-order chi connectivity index (χ1) is 9.39. The number of carbonyl (C=O) groups is 1. The largest absolute Gasteiger partial charge is 0.496 e. The summed E-state index contributed by atoms with van der Waals surface area (Å²) < 4.78 is 45.8. The Kier molecular flexibility index (Phi) is 4.06. The summed E-state index contributed by atoms with van der Waals surface area (Å²) in [5.74, 6) is -0.114. The van der Waals surface area contributed by atoms with Crippen molar-refractivity contribution < 1.29 is 27.4 Å². The Hall–Kier alpha value is -1.92. The maximum Gasteiger partial charge on any atom is 0.422 e. The zero-order chi connectivity index (χ0) is 14.8. The van der Waals surface area contributed by atoms with Gasteiger partial charge in [0.25, 0.3) is 5.91 Å². The fraction of sp³-hybridized carbons (Fsp3) is 0.462. The minimum absolute atomic E-state index is 0.00199. The van der Waals surface area contributed by atoms with Crippen molar-refractivity contribution in [2.45, 2.75) is 25.1 Å². The second-order valence-electron chi connectivity index (χ2n) is 4.51. The number of methoxy groups -OCH3 is 1. The number of hydrogen-bond acceptors (Lipinski definition) is 3. The van der Waals surface area contributed by atoms with Crippen LogP contribution in [0.3, 0.4) is 0 Å². The van der Waals surface area contributed by atoms with E-state index >= 15 is 0 Å². The Morgan fingerprint density at radius 3 is 2.65 bits per heavy atom. The van der Waals surface area contributed by atoms with Crippen LogP contribution in [0.25, 0.3) is 0 Å². The fourth-order valence-electron chi connectivity index (χ4n) is 1.60. The third kappa shape index (κ3) is 4.04. The van der Waals surface area contributed by atoms with Crippen LogP contribution in [-0.4, -0.2) is 31.8 Å². The summed E-state index contributed by atoms with van der Waals surface area (Å²) in [6.07, 6.45) is -2.52. The van der Waals surface area contributed by atoms with Crippen molar-refractivity contribution in [3.8, 4) is 11.5 Å². The average molecular weight is 289 g/mol. The molecule has 7 heteroatoms. The molecule has 0 aliphatic heterocycles. The van der Waals surface area contributed by atoms with Crippen molar-refractivity contribution >= 4 is 5.91 Å². The number of rotatable bonds is 5. The molecule has 0 heterocycles. The molecule has 0 bridgehead atoms. The molecule has 1 aromatic carbocycles. The Labute approximate surface area is 113 Å². The molecule has 0 radical (unpaired) electrons.